The summed E-state index contributed by atoms with van der Waals surface area (Å²) < 4.78 is 4.86. The molecule has 0 atom stereocenters. The molecule has 15 heavy (non-hydrogen) atoms. The zero-order chi connectivity index (χ0) is 10.9. The lowest BCUT2D eigenvalue weighted by Crippen LogP contribution is -2.39. The second-order valence-electron chi connectivity index (χ2n) is 3.72. The smallest absolute Gasteiger partial charge is 0.234 e. The van der Waals surface area contributed by atoms with Crippen LogP contribution in [0.5, 0.6) is 0 Å². The predicted molar refractivity (Wildman–Crippen MR) is 58.8 cm³/mol. The molecule has 0 radical (unpaired) electrons. The minimum Gasteiger partial charge on any atom is -0.383 e. The van der Waals surface area contributed by atoms with Gasteiger partial charge in [0, 0.05) is 26.7 Å². The van der Waals surface area contributed by atoms with Gasteiger partial charge in [-0.1, -0.05) is 0 Å². The number of hydrogen-bond donors (Lipinski definition) is 2. The largest absolute Gasteiger partial charge is 0.383 e. The van der Waals surface area contributed by atoms with Crippen molar-refractivity contribution >= 4 is 5.91 Å². The maximum atomic E-state index is 11.5. The van der Waals surface area contributed by atoms with Crippen LogP contribution in [0.3, 0.4) is 0 Å². The van der Waals surface area contributed by atoms with E-state index in [1.54, 1.807) is 7.11 Å². The molecule has 1 aliphatic heterocycles. The minimum atomic E-state index is 0.0916. The molecule has 5 nitrogen and oxygen atoms in total. The molecule has 1 heterocycles. The maximum absolute atomic E-state index is 11.5. The molecule has 0 bridgehead atoms. The van der Waals surface area contributed by atoms with Gasteiger partial charge in [0.15, 0.2) is 0 Å². The average Bonchev–Trinajstić information content (AvgIpc) is 2.47. The van der Waals surface area contributed by atoms with Crippen LogP contribution in [0.25, 0.3) is 0 Å². The van der Waals surface area contributed by atoms with Gasteiger partial charge in [-0.15, -0.1) is 0 Å². The van der Waals surface area contributed by atoms with Crippen molar-refractivity contribution in [2.45, 2.75) is 6.42 Å². The van der Waals surface area contributed by atoms with Gasteiger partial charge in [0.2, 0.25) is 5.91 Å². The highest BCUT2D eigenvalue weighted by atomic mass is 16.5. The Labute approximate surface area is 91.2 Å². The van der Waals surface area contributed by atoms with Crippen LogP contribution in [0.4, 0.5) is 0 Å². The number of ether oxygens (including phenoxy) is 1. The lowest BCUT2D eigenvalue weighted by molar-refractivity contribution is -0.122. The van der Waals surface area contributed by atoms with Crippen molar-refractivity contribution < 1.29 is 9.53 Å². The van der Waals surface area contributed by atoms with Crippen molar-refractivity contribution in [3.63, 3.8) is 0 Å². The van der Waals surface area contributed by atoms with Gasteiger partial charge in [0.25, 0.3) is 0 Å². The van der Waals surface area contributed by atoms with E-state index in [9.17, 15) is 4.79 Å². The number of nitrogens with zero attached hydrogens (tertiary/aromatic N) is 1. The fraction of sp³-hybridized carbons (Fsp3) is 0.900. The molecule has 1 amide bonds. The van der Waals surface area contributed by atoms with E-state index in [1.165, 1.54) is 0 Å². The van der Waals surface area contributed by atoms with Gasteiger partial charge in [-0.05, 0) is 19.5 Å². The number of rotatable bonds is 5. The first-order valence-electron chi connectivity index (χ1n) is 5.51. The highest BCUT2D eigenvalue weighted by molar-refractivity contribution is 5.77. The van der Waals surface area contributed by atoms with Crippen LogP contribution in [0.15, 0.2) is 0 Å². The van der Waals surface area contributed by atoms with Crippen LogP contribution in [0.2, 0.25) is 0 Å². The molecule has 1 aliphatic rings. The second kappa shape index (κ2) is 7.62. The Morgan fingerprint density at radius 3 is 3.13 bits per heavy atom. The Morgan fingerprint density at radius 2 is 2.33 bits per heavy atom. The summed E-state index contributed by atoms with van der Waals surface area (Å²) in [6.45, 7) is 5.68. The molecular formula is C10H21N3O2. The number of carbonyl (C=O) groups excluding carboxylic acids is 1. The van der Waals surface area contributed by atoms with E-state index < -0.39 is 0 Å². The second-order valence-corrected chi connectivity index (χ2v) is 3.72. The van der Waals surface area contributed by atoms with Crippen molar-refractivity contribution in [2.75, 3.05) is 53.0 Å². The van der Waals surface area contributed by atoms with Crippen LogP contribution in [-0.2, 0) is 9.53 Å². The molecule has 1 saturated heterocycles. The third kappa shape index (κ3) is 5.71. The monoisotopic (exact) mass is 215 g/mol. The summed E-state index contributed by atoms with van der Waals surface area (Å²) in [5, 5.41) is 6.13. The van der Waals surface area contributed by atoms with E-state index in [0.29, 0.717) is 19.7 Å². The van der Waals surface area contributed by atoms with E-state index in [-0.39, 0.29) is 5.91 Å². The molecule has 0 aromatic rings. The summed E-state index contributed by atoms with van der Waals surface area (Å²) in [5.41, 5.74) is 0. The number of amides is 1. The highest BCUT2D eigenvalue weighted by Crippen LogP contribution is 1.94. The number of methoxy groups -OCH3 is 1. The van der Waals surface area contributed by atoms with E-state index in [2.05, 4.69) is 15.5 Å². The lowest BCUT2D eigenvalue weighted by Gasteiger charge is -2.18. The summed E-state index contributed by atoms with van der Waals surface area (Å²) in [6, 6.07) is 0. The molecule has 0 aromatic heterocycles. The Kier molecular flexibility index (Phi) is 6.31. The van der Waals surface area contributed by atoms with Gasteiger partial charge in [-0.25, -0.2) is 0 Å². The van der Waals surface area contributed by atoms with Gasteiger partial charge in [-0.3, -0.25) is 9.69 Å². The summed E-state index contributed by atoms with van der Waals surface area (Å²) in [5.74, 6) is 0.0916. The molecule has 88 valence electrons. The zero-order valence-corrected chi connectivity index (χ0v) is 9.42. The highest BCUT2D eigenvalue weighted by Gasteiger charge is 2.11. The molecule has 0 aliphatic carbocycles. The Hall–Kier alpha value is -0.650. The quantitative estimate of drug-likeness (QED) is 0.580. The Balaban J connectivity index is 2.12. The zero-order valence-electron chi connectivity index (χ0n) is 9.42. The van der Waals surface area contributed by atoms with E-state index in [1.807, 2.05) is 0 Å². The standard InChI is InChI=1S/C10H21N3O2/c1-15-8-5-12-10(14)9-13-6-2-3-11-4-7-13/h11H,2-9H2,1H3,(H,12,14). The van der Waals surface area contributed by atoms with Crippen LogP contribution >= 0.6 is 0 Å². The first-order chi connectivity index (χ1) is 7.33. The summed E-state index contributed by atoms with van der Waals surface area (Å²) >= 11 is 0. The Morgan fingerprint density at radius 1 is 1.47 bits per heavy atom. The van der Waals surface area contributed by atoms with E-state index >= 15 is 0 Å². The van der Waals surface area contributed by atoms with Crippen LogP contribution in [0, 0.1) is 0 Å². The number of carbonyl (C=O) groups is 1. The molecule has 1 fully saturated rings. The normalized spacial score (nSPS) is 18.5. The molecule has 1 rings (SSSR count). The van der Waals surface area contributed by atoms with Gasteiger partial charge in [0.05, 0.1) is 13.2 Å². The van der Waals surface area contributed by atoms with Crippen molar-refractivity contribution in [1.29, 1.82) is 0 Å². The first-order valence-corrected chi connectivity index (χ1v) is 5.51. The van der Waals surface area contributed by atoms with Crippen molar-refractivity contribution in [2.24, 2.45) is 0 Å². The topological polar surface area (TPSA) is 53.6 Å². The van der Waals surface area contributed by atoms with Crippen LogP contribution in [-0.4, -0.2) is 63.8 Å². The SMILES string of the molecule is COCCNC(=O)CN1CCCNCC1. The van der Waals surface area contributed by atoms with Crippen molar-refractivity contribution in [1.82, 2.24) is 15.5 Å². The van der Waals surface area contributed by atoms with Gasteiger partial charge in [-0.2, -0.15) is 0 Å². The van der Waals surface area contributed by atoms with Gasteiger partial charge >= 0.3 is 0 Å². The fourth-order valence-electron chi connectivity index (χ4n) is 1.61. The van der Waals surface area contributed by atoms with E-state index in [4.69, 9.17) is 4.74 Å². The molecule has 0 saturated carbocycles. The maximum Gasteiger partial charge on any atom is 0.234 e. The number of nitrogens with one attached hydrogen (secondary N) is 2. The van der Waals surface area contributed by atoms with Crippen LogP contribution in [0.1, 0.15) is 6.42 Å². The summed E-state index contributed by atoms with van der Waals surface area (Å²) in [7, 11) is 1.63. The molecular weight excluding hydrogens is 194 g/mol. The third-order valence-electron chi connectivity index (χ3n) is 2.43. The lowest BCUT2D eigenvalue weighted by atomic mass is 10.4. The van der Waals surface area contributed by atoms with Gasteiger partial charge < -0.3 is 15.4 Å². The third-order valence-corrected chi connectivity index (χ3v) is 2.43. The minimum absolute atomic E-state index is 0.0916. The van der Waals surface area contributed by atoms with E-state index in [0.717, 1.165) is 32.6 Å². The van der Waals surface area contributed by atoms with Crippen molar-refractivity contribution in [3.8, 4) is 0 Å². The summed E-state index contributed by atoms with van der Waals surface area (Å²) in [4.78, 5) is 13.7. The first kappa shape index (κ1) is 12.4. The Bertz CT molecular complexity index is 180. The molecule has 2 N–H and O–H groups in total. The molecule has 0 spiro atoms. The molecule has 0 aromatic carbocycles. The number of hydrogen-bond acceptors (Lipinski definition) is 4. The van der Waals surface area contributed by atoms with Crippen LogP contribution < -0.4 is 10.6 Å². The van der Waals surface area contributed by atoms with Gasteiger partial charge in [0.1, 0.15) is 0 Å². The summed E-state index contributed by atoms with van der Waals surface area (Å²) in [6.07, 6.45) is 1.12. The molecule has 5 heteroatoms. The predicted octanol–water partition coefficient (Wildman–Crippen LogP) is -0.956. The fourth-order valence-corrected chi connectivity index (χ4v) is 1.61. The molecule has 0 unspecified atom stereocenters. The average molecular weight is 215 g/mol. The van der Waals surface area contributed by atoms with Crippen molar-refractivity contribution in [3.05, 3.63) is 0 Å².